The highest BCUT2D eigenvalue weighted by molar-refractivity contribution is 5.74. The minimum atomic E-state index is -0.645. The lowest BCUT2D eigenvalue weighted by Gasteiger charge is -2.42. The number of amides is 1. The van der Waals surface area contributed by atoms with Crippen LogP contribution in [-0.2, 0) is 16.9 Å². The number of hydrogen-bond donors (Lipinski definition) is 1. The molecule has 0 unspecified atom stereocenters. The quantitative estimate of drug-likeness (QED) is 0.896. The molecule has 1 saturated heterocycles. The molecule has 0 bridgehead atoms. The van der Waals surface area contributed by atoms with E-state index in [2.05, 4.69) is 21.9 Å². The lowest BCUT2D eigenvalue weighted by atomic mass is 9.80. The first-order valence-corrected chi connectivity index (χ1v) is 8.87. The van der Waals surface area contributed by atoms with E-state index in [9.17, 15) is 9.18 Å². The van der Waals surface area contributed by atoms with Crippen molar-refractivity contribution in [2.45, 2.75) is 38.8 Å². The number of hydrogen-bond acceptors (Lipinski definition) is 3. The third-order valence-corrected chi connectivity index (χ3v) is 5.11. The summed E-state index contributed by atoms with van der Waals surface area (Å²) in [6, 6.07) is 6.73. The maximum absolute atomic E-state index is 14.4. The number of halogens is 1. The fraction of sp³-hybridized carbons (Fsp3) is 0.400. The van der Waals surface area contributed by atoms with E-state index in [1.54, 1.807) is 23.0 Å². The van der Waals surface area contributed by atoms with Gasteiger partial charge in [0.2, 0.25) is 5.91 Å². The van der Waals surface area contributed by atoms with Crippen molar-refractivity contribution in [3.05, 3.63) is 59.7 Å². The molecule has 0 saturated carbocycles. The zero-order chi connectivity index (χ0) is 18.7. The monoisotopic (exact) mass is 356 g/mol. The molecule has 1 aliphatic heterocycles. The van der Waals surface area contributed by atoms with Gasteiger partial charge in [-0.3, -0.25) is 9.69 Å². The zero-order valence-electron chi connectivity index (χ0n) is 15.3. The van der Waals surface area contributed by atoms with Crippen LogP contribution >= 0.6 is 0 Å². The van der Waals surface area contributed by atoms with E-state index >= 15 is 0 Å². The molecular weight excluding hydrogens is 331 g/mol. The number of nitrogens with zero attached hydrogens (tertiary/aromatic N) is 3. The van der Waals surface area contributed by atoms with Crippen molar-refractivity contribution in [3.8, 4) is 0 Å². The summed E-state index contributed by atoms with van der Waals surface area (Å²) in [5, 5.41) is 7.41. The molecule has 1 fully saturated rings. The van der Waals surface area contributed by atoms with Gasteiger partial charge < -0.3 is 5.32 Å². The molecular formula is C20H25FN4O. The van der Waals surface area contributed by atoms with Crippen LogP contribution in [0.4, 0.5) is 4.39 Å². The van der Waals surface area contributed by atoms with E-state index in [-0.39, 0.29) is 11.7 Å². The molecule has 0 atom stereocenters. The van der Waals surface area contributed by atoms with Crippen molar-refractivity contribution in [2.75, 3.05) is 13.1 Å². The predicted molar refractivity (Wildman–Crippen MR) is 99.8 cm³/mol. The van der Waals surface area contributed by atoms with Crippen molar-refractivity contribution < 1.29 is 9.18 Å². The van der Waals surface area contributed by atoms with Crippen LogP contribution in [0, 0.1) is 12.7 Å². The summed E-state index contributed by atoms with van der Waals surface area (Å²) in [6.07, 6.45) is 4.99. The van der Waals surface area contributed by atoms with Gasteiger partial charge in [-0.05, 0) is 25.8 Å². The van der Waals surface area contributed by atoms with Gasteiger partial charge in [-0.2, -0.15) is 5.10 Å². The standard InChI is InChI=1S/C20H25FN4O/c1-4-25-14-17(15(2)23-25)13-24-11-9-20(10-12-24,22-16(3)26)18-7-5-6-8-19(18)21/h4-8,14H,1,9-13H2,2-3H3,(H,22,26). The molecule has 1 aliphatic rings. The maximum atomic E-state index is 14.4. The molecule has 0 spiro atoms. The first-order chi connectivity index (χ1) is 12.4. The molecule has 0 aliphatic carbocycles. The topological polar surface area (TPSA) is 50.2 Å². The van der Waals surface area contributed by atoms with E-state index in [4.69, 9.17) is 0 Å². The number of aromatic nitrogens is 2. The van der Waals surface area contributed by atoms with E-state index in [1.807, 2.05) is 19.2 Å². The Morgan fingerprint density at radius 1 is 1.38 bits per heavy atom. The molecule has 3 rings (SSSR count). The minimum absolute atomic E-state index is 0.134. The van der Waals surface area contributed by atoms with Crippen LogP contribution in [0.25, 0.3) is 6.20 Å². The second kappa shape index (κ2) is 7.41. The van der Waals surface area contributed by atoms with Gasteiger partial charge in [0.25, 0.3) is 0 Å². The molecule has 1 aromatic heterocycles. The van der Waals surface area contributed by atoms with Gasteiger partial charge in [-0.25, -0.2) is 9.07 Å². The predicted octanol–water partition coefficient (Wildman–Crippen LogP) is 3.06. The Morgan fingerprint density at radius 3 is 2.65 bits per heavy atom. The average Bonchev–Trinajstić information content (AvgIpc) is 2.96. The van der Waals surface area contributed by atoms with Gasteiger partial charge in [0.1, 0.15) is 5.82 Å². The Morgan fingerprint density at radius 2 is 2.08 bits per heavy atom. The summed E-state index contributed by atoms with van der Waals surface area (Å²) in [6.45, 7) is 9.53. The molecule has 1 aromatic carbocycles. The van der Waals surface area contributed by atoms with Crippen molar-refractivity contribution in [3.63, 3.8) is 0 Å². The number of carbonyl (C=O) groups is 1. The summed E-state index contributed by atoms with van der Waals surface area (Å²) in [5.74, 6) is -0.400. The fourth-order valence-electron chi connectivity index (χ4n) is 3.75. The van der Waals surface area contributed by atoms with Crippen molar-refractivity contribution in [1.29, 1.82) is 0 Å². The number of aryl methyl sites for hydroxylation is 1. The Labute approximate surface area is 153 Å². The van der Waals surface area contributed by atoms with Crippen LogP contribution in [-0.4, -0.2) is 33.7 Å². The van der Waals surface area contributed by atoms with Crippen LogP contribution in [0.5, 0.6) is 0 Å². The Kier molecular flexibility index (Phi) is 5.23. The van der Waals surface area contributed by atoms with Gasteiger partial charge in [-0.1, -0.05) is 24.8 Å². The third kappa shape index (κ3) is 3.70. The Bertz CT molecular complexity index is 806. The number of carbonyl (C=O) groups excluding carboxylic acids is 1. The van der Waals surface area contributed by atoms with Crippen LogP contribution in [0.15, 0.2) is 37.0 Å². The second-order valence-corrected chi connectivity index (χ2v) is 6.92. The zero-order valence-corrected chi connectivity index (χ0v) is 15.3. The van der Waals surface area contributed by atoms with Crippen LogP contribution in [0.2, 0.25) is 0 Å². The van der Waals surface area contributed by atoms with Gasteiger partial charge in [-0.15, -0.1) is 0 Å². The molecule has 1 amide bonds. The molecule has 2 aromatic rings. The van der Waals surface area contributed by atoms with Crippen LogP contribution in [0.1, 0.15) is 36.6 Å². The van der Waals surface area contributed by atoms with E-state index in [0.717, 1.165) is 30.9 Å². The van der Waals surface area contributed by atoms with E-state index in [0.29, 0.717) is 18.4 Å². The molecule has 2 heterocycles. The fourth-order valence-corrected chi connectivity index (χ4v) is 3.75. The molecule has 0 radical (unpaired) electrons. The van der Waals surface area contributed by atoms with Crippen molar-refractivity contribution >= 4 is 12.1 Å². The normalized spacial score (nSPS) is 17.0. The Hall–Kier alpha value is -2.47. The smallest absolute Gasteiger partial charge is 0.217 e. The average molecular weight is 356 g/mol. The number of likely N-dealkylation sites (tertiary alicyclic amines) is 1. The summed E-state index contributed by atoms with van der Waals surface area (Å²) < 4.78 is 16.1. The van der Waals surface area contributed by atoms with E-state index < -0.39 is 5.54 Å². The molecule has 6 heteroatoms. The summed E-state index contributed by atoms with van der Waals surface area (Å²) in [7, 11) is 0. The van der Waals surface area contributed by atoms with Gasteiger partial charge in [0, 0.05) is 50.1 Å². The van der Waals surface area contributed by atoms with Gasteiger partial charge >= 0.3 is 0 Å². The molecule has 138 valence electrons. The molecule has 26 heavy (non-hydrogen) atoms. The summed E-state index contributed by atoms with van der Waals surface area (Å²) in [5.41, 5.74) is 2.07. The number of rotatable bonds is 5. The van der Waals surface area contributed by atoms with Crippen LogP contribution in [0.3, 0.4) is 0 Å². The molecule has 1 N–H and O–H groups in total. The minimum Gasteiger partial charge on any atom is -0.347 e. The highest BCUT2D eigenvalue weighted by Gasteiger charge is 2.38. The lowest BCUT2D eigenvalue weighted by molar-refractivity contribution is -0.121. The first kappa shape index (κ1) is 18.3. The Balaban J connectivity index is 1.76. The van der Waals surface area contributed by atoms with Crippen molar-refractivity contribution in [2.24, 2.45) is 0 Å². The summed E-state index contributed by atoms with van der Waals surface area (Å²) >= 11 is 0. The lowest BCUT2D eigenvalue weighted by Crippen LogP contribution is -2.52. The largest absolute Gasteiger partial charge is 0.347 e. The van der Waals surface area contributed by atoms with Crippen LogP contribution < -0.4 is 5.32 Å². The number of piperidine rings is 1. The third-order valence-electron chi connectivity index (χ3n) is 5.11. The SMILES string of the molecule is C=Cn1cc(CN2CCC(NC(C)=O)(c3ccccc3F)CC2)c(C)n1. The maximum Gasteiger partial charge on any atom is 0.217 e. The number of nitrogens with one attached hydrogen (secondary N) is 1. The first-order valence-electron chi connectivity index (χ1n) is 8.87. The van der Waals surface area contributed by atoms with Gasteiger partial charge in [0.05, 0.1) is 11.2 Å². The highest BCUT2D eigenvalue weighted by Crippen LogP contribution is 2.35. The number of benzene rings is 1. The highest BCUT2D eigenvalue weighted by atomic mass is 19.1. The van der Waals surface area contributed by atoms with Gasteiger partial charge in [0.15, 0.2) is 0 Å². The molecule has 5 nitrogen and oxygen atoms in total. The van der Waals surface area contributed by atoms with Crippen molar-refractivity contribution in [1.82, 2.24) is 20.0 Å². The van der Waals surface area contributed by atoms with E-state index in [1.165, 1.54) is 13.0 Å². The summed E-state index contributed by atoms with van der Waals surface area (Å²) in [4.78, 5) is 14.1. The second-order valence-electron chi connectivity index (χ2n) is 6.92.